The maximum absolute atomic E-state index is 5.24. The Labute approximate surface area is 86.8 Å². The number of thioether (sulfide) groups is 1. The lowest BCUT2D eigenvalue weighted by Gasteiger charge is -2.04. The molecule has 0 bridgehead atoms. The normalized spacial score (nSPS) is 10.6. The van der Waals surface area contributed by atoms with Gasteiger partial charge in [0.15, 0.2) is 0 Å². The zero-order valence-corrected chi connectivity index (χ0v) is 9.79. The van der Waals surface area contributed by atoms with Gasteiger partial charge in [0.25, 0.3) is 0 Å². The highest BCUT2D eigenvalue weighted by Crippen LogP contribution is 1.97. The molecule has 3 heteroatoms. The molecule has 13 heavy (non-hydrogen) atoms. The second-order valence-corrected chi connectivity index (χ2v) is 3.99. The van der Waals surface area contributed by atoms with E-state index < -0.39 is 0 Å². The van der Waals surface area contributed by atoms with Gasteiger partial charge in [0, 0.05) is 13.2 Å². The Balaban J connectivity index is 2.76. The van der Waals surface area contributed by atoms with E-state index in [-0.39, 0.29) is 0 Å². The molecule has 0 rings (SSSR count). The van der Waals surface area contributed by atoms with E-state index in [0.717, 1.165) is 32.7 Å². The molecule has 0 aliphatic heterocycles. The predicted octanol–water partition coefficient (Wildman–Crippen LogP) is 2.15. The lowest BCUT2D eigenvalue weighted by molar-refractivity contribution is 0.145. The Morgan fingerprint density at radius 1 is 1.15 bits per heavy atom. The van der Waals surface area contributed by atoms with Crippen LogP contribution in [0, 0.1) is 0 Å². The summed E-state index contributed by atoms with van der Waals surface area (Å²) in [5.41, 5.74) is 0. The zero-order valence-electron chi connectivity index (χ0n) is 8.97. The van der Waals surface area contributed by atoms with Crippen molar-refractivity contribution in [1.82, 2.24) is 5.32 Å². The number of unbranched alkanes of at least 4 members (excludes halogenated alkanes) is 1. The highest BCUT2D eigenvalue weighted by atomic mass is 32.2. The molecule has 0 aromatic rings. The van der Waals surface area contributed by atoms with E-state index in [1.807, 2.05) is 18.7 Å². The van der Waals surface area contributed by atoms with E-state index in [0.29, 0.717) is 0 Å². The van der Waals surface area contributed by atoms with Crippen molar-refractivity contribution in [2.75, 3.05) is 38.3 Å². The first-order valence-electron chi connectivity index (χ1n) is 5.19. The zero-order chi connectivity index (χ0) is 9.78. The molecule has 0 heterocycles. The smallest absolute Gasteiger partial charge is 0.0477 e. The maximum Gasteiger partial charge on any atom is 0.0477 e. The second kappa shape index (κ2) is 12.3. The van der Waals surface area contributed by atoms with Gasteiger partial charge in [-0.3, -0.25) is 0 Å². The topological polar surface area (TPSA) is 21.3 Å². The minimum absolute atomic E-state index is 0.841. The number of ether oxygens (including phenoxy) is 1. The average Bonchev–Trinajstić information content (AvgIpc) is 2.16. The third-order valence-electron chi connectivity index (χ3n) is 1.80. The molecule has 0 aromatic heterocycles. The SMILES string of the molecule is CCOCCCNCCCCSC. The van der Waals surface area contributed by atoms with Crippen molar-refractivity contribution in [3.8, 4) is 0 Å². The van der Waals surface area contributed by atoms with Crippen molar-refractivity contribution < 1.29 is 4.74 Å². The minimum atomic E-state index is 0.841. The molecule has 0 unspecified atom stereocenters. The molecule has 0 aliphatic rings. The van der Waals surface area contributed by atoms with Gasteiger partial charge in [0.1, 0.15) is 0 Å². The molecule has 80 valence electrons. The van der Waals surface area contributed by atoms with Crippen molar-refractivity contribution in [3.63, 3.8) is 0 Å². The number of hydrogen-bond donors (Lipinski definition) is 1. The lowest BCUT2D eigenvalue weighted by atomic mass is 10.3. The molecular weight excluding hydrogens is 182 g/mol. The van der Waals surface area contributed by atoms with Gasteiger partial charge < -0.3 is 10.1 Å². The summed E-state index contributed by atoms with van der Waals surface area (Å²) in [6, 6.07) is 0. The predicted molar refractivity (Wildman–Crippen MR) is 61.6 cm³/mol. The summed E-state index contributed by atoms with van der Waals surface area (Å²) in [6.45, 7) is 6.03. The van der Waals surface area contributed by atoms with E-state index in [9.17, 15) is 0 Å². The van der Waals surface area contributed by atoms with Crippen LogP contribution in [0.2, 0.25) is 0 Å². The van der Waals surface area contributed by atoms with Crippen LogP contribution < -0.4 is 5.32 Å². The van der Waals surface area contributed by atoms with Crippen LogP contribution >= 0.6 is 11.8 Å². The van der Waals surface area contributed by atoms with Gasteiger partial charge in [-0.05, 0) is 51.3 Å². The average molecular weight is 205 g/mol. The van der Waals surface area contributed by atoms with E-state index >= 15 is 0 Å². The highest BCUT2D eigenvalue weighted by molar-refractivity contribution is 7.98. The minimum Gasteiger partial charge on any atom is -0.382 e. The quantitative estimate of drug-likeness (QED) is 0.552. The van der Waals surface area contributed by atoms with Gasteiger partial charge in [-0.25, -0.2) is 0 Å². The number of rotatable bonds is 10. The molecule has 0 saturated carbocycles. The Hall–Kier alpha value is 0.270. The lowest BCUT2D eigenvalue weighted by Crippen LogP contribution is -2.18. The summed E-state index contributed by atoms with van der Waals surface area (Å²) < 4.78 is 5.24. The molecule has 1 N–H and O–H groups in total. The van der Waals surface area contributed by atoms with E-state index in [1.165, 1.54) is 18.6 Å². The summed E-state index contributed by atoms with van der Waals surface area (Å²) in [5.74, 6) is 1.29. The molecule has 0 aliphatic carbocycles. The van der Waals surface area contributed by atoms with E-state index in [2.05, 4.69) is 11.6 Å². The third kappa shape index (κ3) is 12.3. The second-order valence-electron chi connectivity index (χ2n) is 3.00. The Morgan fingerprint density at radius 2 is 1.92 bits per heavy atom. The molecule has 0 fully saturated rings. The van der Waals surface area contributed by atoms with Crippen LogP contribution in [0.25, 0.3) is 0 Å². The van der Waals surface area contributed by atoms with E-state index in [4.69, 9.17) is 4.74 Å². The van der Waals surface area contributed by atoms with Gasteiger partial charge in [-0.1, -0.05) is 0 Å². The first-order chi connectivity index (χ1) is 6.41. The molecule has 0 spiro atoms. The van der Waals surface area contributed by atoms with Crippen molar-refractivity contribution in [1.29, 1.82) is 0 Å². The van der Waals surface area contributed by atoms with Crippen LogP contribution in [0.3, 0.4) is 0 Å². The van der Waals surface area contributed by atoms with Gasteiger partial charge in [-0.15, -0.1) is 0 Å². The van der Waals surface area contributed by atoms with Gasteiger partial charge >= 0.3 is 0 Å². The van der Waals surface area contributed by atoms with Crippen molar-refractivity contribution in [3.05, 3.63) is 0 Å². The largest absolute Gasteiger partial charge is 0.382 e. The molecule has 0 radical (unpaired) electrons. The van der Waals surface area contributed by atoms with Crippen molar-refractivity contribution >= 4 is 11.8 Å². The number of nitrogens with one attached hydrogen (secondary N) is 1. The first kappa shape index (κ1) is 13.3. The van der Waals surface area contributed by atoms with Crippen molar-refractivity contribution in [2.24, 2.45) is 0 Å². The van der Waals surface area contributed by atoms with Gasteiger partial charge in [-0.2, -0.15) is 11.8 Å². The fourth-order valence-electron chi connectivity index (χ4n) is 1.06. The van der Waals surface area contributed by atoms with Gasteiger partial charge in [0.05, 0.1) is 0 Å². The first-order valence-corrected chi connectivity index (χ1v) is 6.58. The van der Waals surface area contributed by atoms with Crippen LogP contribution in [0.4, 0.5) is 0 Å². The van der Waals surface area contributed by atoms with Crippen LogP contribution in [-0.2, 0) is 4.74 Å². The van der Waals surface area contributed by atoms with E-state index in [1.54, 1.807) is 0 Å². The fraction of sp³-hybridized carbons (Fsp3) is 1.00. The van der Waals surface area contributed by atoms with Crippen LogP contribution in [0.15, 0.2) is 0 Å². The summed E-state index contributed by atoms with van der Waals surface area (Å²) in [7, 11) is 0. The summed E-state index contributed by atoms with van der Waals surface area (Å²) in [6.07, 6.45) is 5.93. The monoisotopic (exact) mass is 205 g/mol. The number of hydrogen-bond acceptors (Lipinski definition) is 3. The van der Waals surface area contributed by atoms with Crippen molar-refractivity contribution in [2.45, 2.75) is 26.2 Å². The summed E-state index contributed by atoms with van der Waals surface area (Å²) in [5, 5.41) is 3.41. The fourth-order valence-corrected chi connectivity index (χ4v) is 1.56. The standard InChI is InChI=1S/C10H23NOS/c1-3-12-9-6-8-11-7-4-5-10-13-2/h11H,3-10H2,1-2H3. The molecule has 0 amide bonds. The van der Waals surface area contributed by atoms with Gasteiger partial charge in [0.2, 0.25) is 0 Å². The maximum atomic E-state index is 5.24. The highest BCUT2D eigenvalue weighted by Gasteiger charge is 1.89. The van der Waals surface area contributed by atoms with Crippen LogP contribution in [0.5, 0.6) is 0 Å². The Bertz CT molecular complexity index is 81.0. The molecule has 0 aromatic carbocycles. The summed E-state index contributed by atoms with van der Waals surface area (Å²) >= 11 is 1.93. The molecule has 0 atom stereocenters. The Morgan fingerprint density at radius 3 is 2.62 bits per heavy atom. The molecule has 0 saturated heterocycles. The molecular formula is C10H23NOS. The van der Waals surface area contributed by atoms with Crippen LogP contribution in [-0.4, -0.2) is 38.3 Å². The third-order valence-corrected chi connectivity index (χ3v) is 2.50. The summed E-state index contributed by atoms with van der Waals surface area (Å²) in [4.78, 5) is 0. The molecule has 2 nitrogen and oxygen atoms in total. The Kier molecular flexibility index (Phi) is 12.5. The van der Waals surface area contributed by atoms with Crippen LogP contribution in [0.1, 0.15) is 26.2 Å².